The van der Waals surface area contributed by atoms with Crippen LogP contribution in [-0.2, 0) is 11.2 Å². The Bertz CT molecular complexity index is 234. The van der Waals surface area contributed by atoms with E-state index in [0.29, 0.717) is 6.61 Å². The molecule has 0 amide bonds. The normalized spacial score (nSPS) is 10.5. The molecule has 0 aliphatic rings. The van der Waals surface area contributed by atoms with Crippen molar-refractivity contribution in [3.63, 3.8) is 0 Å². The topological polar surface area (TPSA) is 29.5 Å². The highest BCUT2D eigenvalue weighted by atomic mass is 16.5. The molecule has 84 valence electrons. The lowest BCUT2D eigenvalue weighted by Crippen LogP contribution is -2.00. The van der Waals surface area contributed by atoms with Crippen LogP contribution in [0.3, 0.4) is 0 Å². The van der Waals surface area contributed by atoms with Gasteiger partial charge in [0.05, 0.1) is 6.61 Å². The van der Waals surface area contributed by atoms with Crippen LogP contribution in [0.2, 0.25) is 0 Å². The number of aliphatic hydroxyl groups excluding tert-OH is 1. The Labute approximate surface area is 91.9 Å². The Hall–Kier alpha value is -0.860. The third kappa shape index (κ3) is 6.26. The van der Waals surface area contributed by atoms with Gasteiger partial charge in [-0.1, -0.05) is 30.3 Å². The summed E-state index contributed by atoms with van der Waals surface area (Å²) >= 11 is 0. The van der Waals surface area contributed by atoms with Gasteiger partial charge in [-0.2, -0.15) is 0 Å². The summed E-state index contributed by atoms with van der Waals surface area (Å²) < 4.78 is 5.50. The van der Waals surface area contributed by atoms with Crippen molar-refractivity contribution in [1.82, 2.24) is 0 Å². The van der Waals surface area contributed by atoms with Crippen molar-refractivity contribution in [3.8, 4) is 0 Å². The van der Waals surface area contributed by atoms with Crippen molar-refractivity contribution in [1.29, 1.82) is 0 Å². The number of hydrogen-bond acceptors (Lipinski definition) is 2. The molecule has 0 fully saturated rings. The third-order valence-electron chi connectivity index (χ3n) is 2.32. The number of ether oxygens (including phenoxy) is 1. The molecule has 0 spiro atoms. The smallest absolute Gasteiger partial charge is 0.0506 e. The van der Waals surface area contributed by atoms with Gasteiger partial charge < -0.3 is 9.84 Å². The number of hydrogen-bond donors (Lipinski definition) is 1. The fourth-order valence-corrected chi connectivity index (χ4v) is 1.43. The molecule has 1 N–H and O–H groups in total. The van der Waals surface area contributed by atoms with Gasteiger partial charge in [-0.3, -0.25) is 0 Å². The lowest BCUT2D eigenvalue weighted by Gasteiger charge is -2.03. The average Bonchev–Trinajstić information content (AvgIpc) is 2.29. The van der Waals surface area contributed by atoms with Crippen LogP contribution in [-0.4, -0.2) is 24.9 Å². The van der Waals surface area contributed by atoms with Crippen LogP contribution < -0.4 is 0 Å². The molecule has 0 saturated heterocycles. The van der Waals surface area contributed by atoms with E-state index in [-0.39, 0.29) is 0 Å². The zero-order valence-electron chi connectivity index (χ0n) is 9.19. The van der Waals surface area contributed by atoms with Gasteiger partial charge in [-0.25, -0.2) is 0 Å². The summed E-state index contributed by atoms with van der Waals surface area (Å²) in [6.45, 7) is 1.90. The number of unbranched alkanes of at least 4 members (excludes halogenated alkanes) is 2. The molecule has 1 aromatic carbocycles. The van der Waals surface area contributed by atoms with Gasteiger partial charge in [-0.15, -0.1) is 0 Å². The van der Waals surface area contributed by atoms with E-state index < -0.39 is 0 Å². The largest absolute Gasteiger partial charge is 0.396 e. The number of aliphatic hydroxyl groups is 1. The van der Waals surface area contributed by atoms with Crippen LogP contribution in [0.15, 0.2) is 30.3 Å². The fourth-order valence-electron chi connectivity index (χ4n) is 1.43. The van der Waals surface area contributed by atoms with Crippen molar-refractivity contribution in [2.75, 3.05) is 19.8 Å². The Morgan fingerprint density at radius 1 is 0.933 bits per heavy atom. The van der Waals surface area contributed by atoms with Crippen LogP contribution in [0.1, 0.15) is 24.8 Å². The standard InChI is InChI=1S/C13H20O2/c14-10-5-2-6-11-15-12-9-13-7-3-1-4-8-13/h1,3-4,7-8,14H,2,5-6,9-12H2. The monoisotopic (exact) mass is 208 g/mol. The molecule has 0 aliphatic carbocycles. The van der Waals surface area contributed by atoms with Crippen molar-refractivity contribution in [3.05, 3.63) is 35.9 Å². The van der Waals surface area contributed by atoms with Gasteiger partial charge in [-0.05, 0) is 31.2 Å². The highest BCUT2D eigenvalue weighted by Crippen LogP contribution is 2.00. The Morgan fingerprint density at radius 2 is 1.73 bits per heavy atom. The average molecular weight is 208 g/mol. The van der Waals surface area contributed by atoms with Gasteiger partial charge in [0, 0.05) is 13.2 Å². The quantitative estimate of drug-likeness (QED) is 0.665. The van der Waals surface area contributed by atoms with Gasteiger partial charge in [0.2, 0.25) is 0 Å². The molecule has 2 nitrogen and oxygen atoms in total. The van der Waals surface area contributed by atoms with Crippen LogP contribution in [0.25, 0.3) is 0 Å². The van der Waals surface area contributed by atoms with E-state index in [1.807, 2.05) is 6.07 Å². The highest BCUT2D eigenvalue weighted by molar-refractivity contribution is 5.14. The van der Waals surface area contributed by atoms with Gasteiger partial charge in [0.1, 0.15) is 0 Å². The molecule has 0 bridgehead atoms. The lowest BCUT2D eigenvalue weighted by molar-refractivity contribution is 0.131. The molecule has 0 aromatic heterocycles. The maximum Gasteiger partial charge on any atom is 0.0506 e. The van der Waals surface area contributed by atoms with E-state index in [0.717, 1.165) is 38.9 Å². The predicted octanol–water partition coefficient (Wildman–Crippen LogP) is 2.41. The van der Waals surface area contributed by atoms with Crippen molar-refractivity contribution in [2.24, 2.45) is 0 Å². The first-order chi connectivity index (χ1) is 7.43. The van der Waals surface area contributed by atoms with Crippen molar-refractivity contribution in [2.45, 2.75) is 25.7 Å². The second-order valence-electron chi connectivity index (χ2n) is 3.63. The Morgan fingerprint density at radius 3 is 2.47 bits per heavy atom. The minimum atomic E-state index is 0.296. The van der Waals surface area contributed by atoms with E-state index in [4.69, 9.17) is 9.84 Å². The van der Waals surface area contributed by atoms with Crippen molar-refractivity contribution >= 4 is 0 Å². The first kappa shape index (κ1) is 12.2. The van der Waals surface area contributed by atoms with Crippen LogP contribution in [0, 0.1) is 0 Å². The summed E-state index contributed by atoms with van der Waals surface area (Å²) in [5.41, 5.74) is 1.33. The molecular formula is C13H20O2. The van der Waals surface area contributed by atoms with Crippen molar-refractivity contribution < 1.29 is 9.84 Å². The molecule has 1 rings (SSSR count). The maximum atomic E-state index is 8.58. The summed E-state index contributed by atoms with van der Waals surface area (Å²) in [7, 11) is 0. The van der Waals surface area contributed by atoms with E-state index in [2.05, 4.69) is 24.3 Å². The summed E-state index contributed by atoms with van der Waals surface area (Å²) in [4.78, 5) is 0. The summed E-state index contributed by atoms with van der Waals surface area (Å²) in [5, 5.41) is 8.58. The zero-order chi connectivity index (χ0) is 10.8. The highest BCUT2D eigenvalue weighted by Gasteiger charge is 1.92. The molecule has 0 aliphatic heterocycles. The van der Waals surface area contributed by atoms with Gasteiger partial charge >= 0.3 is 0 Å². The van der Waals surface area contributed by atoms with Gasteiger partial charge in [0.25, 0.3) is 0 Å². The lowest BCUT2D eigenvalue weighted by atomic mass is 10.2. The number of rotatable bonds is 8. The molecule has 2 heteroatoms. The first-order valence-electron chi connectivity index (χ1n) is 5.66. The molecule has 15 heavy (non-hydrogen) atoms. The van der Waals surface area contributed by atoms with E-state index in [9.17, 15) is 0 Å². The zero-order valence-corrected chi connectivity index (χ0v) is 9.19. The minimum absolute atomic E-state index is 0.296. The second kappa shape index (κ2) is 8.45. The third-order valence-corrected chi connectivity index (χ3v) is 2.32. The summed E-state index contributed by atoms with van der Waals surface area (Å²) in [6, 6.07) is 10.4. The molecule has 0 radical (unpaired) electrons. The minimum Gasteiger partial charge on any atom is -0.396 e. The van der Waals surface area contributed by atoms with Crippen LogP contribution >= 0.6 is 0 Å². The molecule has 0 saturated carbocycles. The van der Waals surface area contributed by atoms with E-state index >= 15 is 0 Å². The first-order valence-corrected chi connectivity index (χ1v) is 5.66. The predicted molar refractivity (Wildman–Crippen MR) is 61.9 cm³/mol. The fraction of sp³-hybridized carbons (Fsp3) is 0.538. The molecular weight excluding hydrogens is 188 g/mol. The summed E-state index contributed by atoms with van der Waals surface area (Å²) in [6.07, 6.45) is 3.99. The van der Waals surface area contributed by atoms with Crippen LogP contribution in [0.5, 0.6) is 0 Å². The second-order valence-corrected chi connectivity index (χ2v) is 3.63. The molecule has 1 aromatic rings. The maximum absolute atomic E-state index is 8.58. The van der Waals surface area contributed by atoms with E-state index in [1.165, 1.54) is 5.56 Å². The SMILES string of the molecule is OCCCCCOCCc1ccccc1. The summed E-state index contributed by atoms with van der Waals surface area (Å²) in [5.74, 6) is 0. The Kier molecular flexibility index (Phi) is 6.88. The van der Waals surface area contributed by atoms with E-state index in [1.54, 1.807) is 0 Å². The Balaban J connectivity index is 1.93. The van der Waals surface area contributed by atoms with Gasteiger partial charge in [0.15, 0.2) is 0 Å². The van der Waals surface area contributed by atoms with Crippen LogP contribution in [0.4, 0.5) is 0 Å². The molecule has 0 unspecified atom stereocenters. The molecule has 0 heterocycles. The molecule has 0 atom stereocenters. The number of benzene rings is 1.